The van der Waals surface area contributed by atoms with Crippen LogP contribution in [0.4, 0.5) is 5.82 Å². The molecular formula is C20H15N7OS. The fraction of sp³-hybridized carbons (Fsp3) is 0.250. The Morgan fingerprint density at radius 3 is 2.69 bits per heavy atom. The van der Waals surface area contributed by atoms with E-state index in [1.54, 1.807) is 0 Å². The molecule has 5 rings (SSSR count). The Morgan fingerprint density at radius 1 is 1.17 bits per heavy atom. The monoisotopic (exact) mass is 401 g/mol. The number of hydrogen-bond donors (Lipinski definition) is 1. The van der Waals surface area contributed by atoms with E-state index in [1.165, 1.54) is 11.3 Å². The van der Waals surface area contributed by atoms with E-state index in [2.05, 4.69) is 9.97 Å². The zero-order chi connectivity index (χ0) is 20.0. The molecule has 142 valence electrons. The quantitative estimate of drug-likeness (QED) is 0.558. The molecule has 2 N–H and O–H groups in total. The summed E-state index contributed by atoms with van der Waals surface area (Å²) in [6.45, 7) is 1.24. The first-order chi connectivity index (χ1) is 14.2. The highest BCUT2D eigenvalue weighted by Crippen LogP contribution is 2.40. The second kappa shape index (κ2) is 6.82. The third kappa shape index (κ3) is 2.80. The molecule has 8 nitrogen and oxygen atoms in total. The smallest absolute Gasteiger partial charge is 0.179 e. The molecule has 4 aromatic rings. The normalized spacial score (nSPS) is 16.3. The number of anilines is 1. The summed E-state index contributed by atoms with van der Waals surface area (Å²) in [6.07, 6.45) is 1.96. The second-order valence-corrected chi connectivity index (χ2v) is 7.84. The van der Waals surface area contributed by atoms with Crippen LogP contribution in [0, 0.1) is 22.7 Å². The summed E-state index contributed by atoms with van der Waals surface area (Å²) >= 11 is 1.51. The van der Waals surface area contributed by atoms with Crippen LogP contribution in [0.5, 0.6) is 0 Å². The van der Waals surface area contributed by atoms with Gasteiger partial charge in [0.25, 0.3) is 0 Å². The van der Waals surface area contributed by atoms with Gasteiger partial charge in [-0.15, -0.1) is 11.3 Å². The minimum absolute atomic E-state index is 0.0121. The fourth-order valence-corrected chi connectivity index (χ4v) is 4.70. The van der Waals surface area contributed by atoms with Crippen LogP contribution in [-0.4, -0.2) is 32.2 Å². The Bertz CT molecular complexity index is 1300. The zero-order valence-electron chi connectivity index (χ0n) is 15.3. The molecule has 0 radical (unpaired) electrons. The van der Waals surface area contributed by atoms with Crippen molar-refractivity contribution in [1.82, 2.24) is 19.5 Å². The van der Waals surface area contributed by atoms with Crippen molar-refractivity contribution in [3.63, 3.8) is 0 Å². The predicted molar refractivity (Wildman–Crippen MR) is 109 cm³/mol. The summed E-state index contributed by atoms with van der Waals surface area (Å²) in [5, 5.41) is 19.5. The third-order valence-electron chi connectivity index (χ3n) is 5.05. The van der Waals surface area contributed by atoms with E-state index in [9.17, 15) is 10.5 Å². The number of rotatable bonds is 3. The number of aromatic nitrogens is 4. The predicted octanol–water partition coefficient (Wildman–Crippen LogP) is 3.21. The number of hydrogen-bond acceptors (Lipinski definition) is 8. The van der Waals surface area contributed by atoms with Crippen molar-refractivity contribution in [3.8, 4) is 22.7 Å². The van der Waals surface area contributed by atoms with Gasteiger partial charge in [0.05, 0.1) is 28.4 Å². The van der Waals surface area contributed by atoms with Crippen LogP contribution in [0.2, 0.25) is 0 Å². The number of fused-ring (bicyclic) bond motifs is 2. The second-order valence-electron chi connectivity index (χ2n) is 6.81. The Balaban J connectivity index is 1.78. The van der Waals surface area contributed by atoms with E-state index in [0.29, 0.717) is 34.1 Å². The molecule has 1 aromatic carbocycles. The van der Waals surface area contributed by atoms with E-state index in [1.807, 2.05) is 41.0 Å². The summed E-state index contributed by atoms with van der Waals surface area (Å²) in [7, 11) is 0. The zero-order valence-corrected chi connectivity index (χ0v) is 16.1. The van der Waals surface area contributed by atoms with Gasteiger partial charge in [-0.3, -0.25) is 0 Å². The SMILES string of the molecule is N#Cc1nc2c(-c3nc4ccccc4s3)c(N)n(CC3CCCO3)c2nc1C#N. The molecule has 0 bridgehead atoms. The van der Waals surface area contributed by atoms with Crippen molar-refractivity contribution in [2.24, 2.45) is 0 Å². The van der Waals surface area contributed by atoms with E-state index in [0.717, 1.165) is 29.7 Å². The summed E-state index contributed by atoms with van der Waals surface area (Å²) < 4.78 is 8.64. The Labute approximate surface area is 169 Å². The van der Waals surface area contributed by atoms with Crippen molar-refractivity contribution >= 4 is 38.5 Å². The number of nitrogens with two attached hydrogens (primary N) is 1. The van der Waals surface area contributed by atoms with Gasteiger partial charge in [-0.1, -0.05) is 12.1 Å². The van der Waals surface area contributed by atoms with Crippen LogP contribution in [0.1, 0.15) is 24.2 Å². The summed E-state index contributed by atoms with van der Waals surface area (Å²) in [5.74, 6) is 0.466. The maximum atomic E-state index is 9.42. The number of nitrogen functional groups attached to an aromatic ring is 1. The lowest BCUT2D eigenvalue weighted by atomic mass is 10.2. The van der Waals surface area contributed by atoms with Gasteiger partial charge in [0, 0.05) is 6.61 Å². The van der Waals surface area contributed by atoms with Crippen molar-refractivity contribution in [2.75, 3.05) is 12.3 Å². The minimum atomic E-state index is -0.0170. The molecule has 1 aliphatic heterocycles. The molecule has 1 atom stereocenters. The number of nitrogens with zero attached hydrogens (tertiary/aromatic N) is 6. The van der Waals surface area contributed by atoms with Crippen molar-refractivity contribution < 1.29 is 4.74 Å². The van der Waals surface area contributed by atoms with Gasteiger partial charge in [0.1, 0.15) is 28.5 Å². The number of para-hydroxylation sites is 1. The van der Waals surface area contributed by atoms with Gasteiger partial charge in [-0.25, -0.2) is 15.0 Å². The Hall–Kier alpha value is -3.53. The molecule has 0 aliphatic carbocycles. The van der Waals surface area contributed by atoms with Gasteiger partial charge in [-0.05, 0) is 25.0 Å². The van der Waals surface area contributed by atoms with E-state index in [-0.39, 0.29) is 17.5 Å². The van der Waals surface area contributed by atoms with Crippen molar-refractivity contribution in [1.29, 1.82) is 10.5 Å². The van der Waals surface area contributed by atoms with Gasteiger partial charge in [-0.2, -0.15) is 10.5 Å². The molecule has 0 spiro atoms. The molecule has 1 aliphatic rings. The molecule has 0 amide bonds. The molecular weight excluding hydrogens is 386 g/mol. The van der Waals surface area contributed by atoms with Gasteiger partial charge in [0.2, 0.25) is 0 Å². The van der Waals surface area contributed by atoms with Crippen LogP contribution < -0.4 is 5.73 Å². The van der Waals surface area contributed by atoms with Crippen LogP contribution >= 0.6 is 11.3 Å². The average molecular weight is 401 g/mol. The van der Waals surface area contributed by atoms with Gasteiger partial charge < -0.3 is 15.0 Å². The van der Waals surface area contributed by atoms with Gasteiger partial charge in [0.15, 0.2) is 17.0 Å². The summed E-state index contributed by atoms with van der Waals surface area (Å²) in [6, 6.07) is 11.7. The number of benzene rings is 1. The highest BCUT2D eigenvalue weighted by molar-refractivity contribution is 7.21. The lowest BCUT2D eigenvalue weighted by molar-refractivity contribution is 0.0983. The van der Waals surface area contributed by atoms with Crippen LogP contribution in [-0.2, 0) is 11.3 Å². The molecule has 3 aromatic heterocycles. The first kappa shape index (κ1) is 17.6. The number of ether oxygens (including phenoxy) is 1. The van der Waals surface area contributed by atoms with Crippen molar-refractivity contribution in [3.05, 3.63) is 35.7 Å². The standard InChI is InChI=1S/C20H15N7OS/c21-8-13-14(9-22)25-19-17(24-13)16(18(23)27(19)10-11-4-3-7-28-11)20-26-12-5-1-2-6-15(12)29-20/h1-2,5-6,11H,3-4,7,10,23H2. The van der Waals surface area contributed by atoms with E-state index >= 15 is 0 Å². The highest BCUT2D eigenvalue weighted by Gasteiger charge is 2.26. The van der Waals surface area contributed by atoms with Crippen molar-refractivity contribution in [2.45, 2.75) is 25.5 Å². The molecule has 4 heterocycles. The molecule has 1 fully saturated rings. The lowest BCUT2D eigenvalue weighted by Crippen LogP contribution is -2.17. The van der Waals surface area contributed by atoms with Crippen LogP contribution in [0.15, 0.2) is 24.3 Å². The number of nitriles is 2. The Morgan fingerprint density at radius 2 is 1.97 bits per heavy atom. The molecule has 1 unspecified atom stereocenters. The van der Waals surface area contributed by atoms with E-state index < -0.39 is 0 Å². The Kier molecular flexibility index (Phi) is 4.13. The highest BCUT2D eigenvalue weighted by atomic mass is 32.1. The lowest BCUT2D eigenvalue weighted by Gasteiger charge is -2.13. The first-order valence-corrected chi connectivity index (χ1v) is 9.98. The molecule has 29 heavy (non-hydrogen) atoms. The average Bonchev–Trinajstić information content (AvgIpc) is 3.45. The topological polar surface area (TPSA) is 126 Å². The van der Waals surface area contributed by atoms with E-state index in [4.69, 9.17) is 15.5 Å². The van der Waals surface area contributed by atoms with Crippen LogP contribution in [0.3, 0.4) is 0 Å². The fourth-order valence-electron chi connectivity index (χ4n) is 3.68. The summed E-state index contributed by atoms with van der Waals surface area (Å²) in [5.41, 5.74) is 9.00. The molecule has 9 heteroatoms. The number of thiazole rings is 1. The largest absolute Gasteiger partial charge is 0.384 e. The first-order valence-electron chi connectivity index (χ1n) is 9.17. The summed E-state index contributed by atoms with van der Waals surface area (Å²) in [4.78, 5) is 13.6. The minimum Gasteiger partial charge on any atom is -0.384 e. The van der Waals surface area contributed by atoms with Gasteiger partial charge >= 0.3 is 0 Å². The molecule has 0 saturated carbocycles. The maximum absolute atomic E-state index is 9.42. The molecule has 1 saturated heterocycles. The maximum Gasteiger partial charge on any atom is 0.179 e. The third-order valence-corrected chi connectivity index (χ3v) is 6.10. The van der Waals surface area contributed by atoms with Crippen LogP contribution in [0.25, 0.3) is 32.0 Å².